The number of hydrogen-bond donors (Lipinski definition) is 0. The van der Waals surface area contributed by atoms with Crippen LogP contribution in [-0.2, 0) is 0 Å². The summed E-state index contributed by atoms with van der Waals surface area (Å²) in [6.07, 6.45) is 5.74. The molecule has 0 bridgehead atoms. The van der Waals surface area contributed by atoms with Crippen molar-refractivity contribution in [1.29, 1.82) is 0 Å². The van der Waals surface area contributed by atoms with Crippen molar-refractivity contribution in [3.8, 4) is 0 Å². The van der Waals surface area contributed by atoms with Crippen LogP contribution >= 0.6 is 0 Å². The van der Waals surface area contributed by atoms with Crippen LogP contribution in [0.15, 0.2) is 48.1 Å². The molecule has 0 saturated carbocycles. The SMILES string of the molecule is CC1=CCC=C(c2ccccc2)C1C. The molecular weight excluding hydrogens is 168 g/mol. The smallest absolute Gasteiger partial charge is 0.00200 e. The largest absolute Gasteiger partial charge is 0.0812 e. The maximum Gasteiger partial charge on any atom is 0.00200 e. The Bertz CT molecular complexity index is 368. The molecule has 0 heteroatoms. The van der Waals surface area contributed by atoms with Crippen LogP contribution in [0.1, 0.15) is 25.8 Å². The fourth-order valence-corrected chi connectivity index (χ4v) is 1.97. The van der Waals surface area contributed by atoms with Gasteiger partial charge in [0.25, 0.3) is 0 Å². The molecule has 0 saturated heterocycles. The molecule has 1 aliphatic carbocycles. The average Bonchev–Trinajstić information content (AvgIpc) is 2.23. The predicted molar refractivity (Wildman–Crippen MR) is 62.0 cm³/mol. The molecule has 1 aromatic rings. The Morgan fingerprint density at radius 2 is 1.79 bits per heavy atom. The Kier molecular flexibility index (Phi) is 2.53. The van der Waals surface area contributed by atoms with E-state index in [0.717, 1.165) is 6.42 Å². The minimum atomic E-state index is 0.575. The van der Waals surface area contributed by atoms with Gasteiger partial charge in [0.15, 0.2) is 0 Å². The van der Waals surface area contributed by atoms with Gasteiger partial charge >= 0.3 is 0 Å². The summed E-state index contributed by atoms with van der Waals surface area (Å²) in [6, 6.07) is 10.7. The highest BCUT2D eigenvalue weighted by atomic mass is 14.2. The van der Waals surface area contributed by atoms with Gasteiger partial charge in [-0.05, 0) is 24.5 Å². The minimum Gasteiger partial charge on any atom is -0.0812 e. The molecule has 0 aromatic heterocycles. The van der Waals surface area contributed by atoms with E-state index in [0.29, 0.717) is 5.92 Å². The molecule has 72 valence electrons. The predicted octanol–water partition coefficient (Wildman–Crippen LogP) is 4.06. The highest BCUT2D eigenvalue weighted by molar-refractivity contribution is 5.70. The Labute approximate surface area is 86.0 Å². The highest BCUT2D eigenvalue weighted by Gasteiger charge is 2.14. The van der Waals surface area contributed by atoms with Crippen molar-refractivity contribution in [3.05, 3.63) is 53.6 Å². The third kappa shape index (κ3) is 1.65. The third-order valence-electron chi connectivity index (χ3n) is 3.03. The Morgan fingerprint density at radius 3 is 2.50 bits per heavy atom. The topological polar surface area (TPSA) is 0 Å². The Hall–Kier alpha value is -1.30. The fraction of sp³-hybridized carbons (Fsp3) is 0.286. The van der Waals surface area contributed by atoms with Crippen molar-refractivity contribution >= 4 is 5.57 Å². The van der Waals surface area contributed by atoms with Crippen LogP contribution in [0.3, 0.4) is 0 Å². The van der Waals surface area contributed by atoms with Gasteiger partial charge in [0.2, 0.25) is 0 Å². The molecule has 0 radical (unpaired) electrons. The Morgan fingerprint density at radius 1 is 1.07 bits per heavy atom. The number of hydrogen-bond acceptors (Lipinski definition) is 0. The van der Waals surface area contributed by atoms with E-state index in [1.54, 1.807) is 0 Å². The molecule has 0 nitrogen and oxygen atoms in total. The highest BCUT2D eigenvalue weighted by Crippen LogP contribution is 2.32. The molecular formula is C14H16. The first kappa shape index (κ1) is 9.26. The lowest BCUT2D eigenvalue weighted by Gasteiger charge is -2.21. The second-order valence-electron chi connectivity index (χ2n) is 3.93. The van der Waals surface area contributed by atoms with Gasteiger partial charge in [0.05, 0.1) is 0 Å². The third-order valence-corrected chi connectivity index (χ3v) is 3.03. The van der Waals surface area contributed by atoms with E-state index < -0.39 is 0 Å². The average molecular weight is 184 g/mol. The van der Waals surface area contributed by atoms with E-state index in [-0.39, 0.29) is 0 Å². The lowest BCUT2D eigenvalue weighted by Crippen LogP contribution is -2.03. The summed E-state index contributed by atoms with van der Waals surface area (Å²) in [4.78, 5) is 0. The van der Waals surface area contributed by atoms with Crippen molar-refractivity contribution in [2.75, 3.05) is 0 Å². The zero-order chi connectivity index (χ0) is 9.97. The van der Waals surface area contributed by atoms with E-state index in [4.69, 9.17) is 0 Å². The van der Waals surface area contributed by atoms with Crippen LogP contribution in [0.4, 0.5) is 0 Å². The van der Waals surface area contributed by atoms with Crippen LogP contribution in [0, 0.1) is 5.92 Å². The van der Waals surface area contributed by atoms with E-state index >= 15 is 0 Å². The van der Waals surface area contributed by atoms with Gasteiger partial charge in [-0.2, -0.15) is 0 Å². The van der Waals surface area contributed by atoms with Crippen LogP contribution in [0.25, 0.3) is 5.57 Å². The first-order chi connectivity index (χ1) is 6.79. The molecule has 14 heavy (non-hydrogen) atoms. The molecule has 1 aromatic carbocycles. The molecule has 0 aliphatic heterocycles. The first-order valence-corrected chi connectivity index (χ1v) is 5.21. The maximum absolute atomic E-state index is 2.34. The summed E-state index contributed by atoms with van der Waals surface area (Å²) in [5, 5.41) is 0. The number of rotatable bonds is 1. The van der Waals surface area contributed by atoms with Crippen molar-refractivity contribution < 1.29 is 0 Å². The summed E-state index contributed by atoms with van der Waals surface area (Å²) in [5.74, 6) is 0.575. The zero-order valence-corrected chi connectivity index (χ0v) is 8.83. The molecule has 2 rings (SSSR count). The second kappa shape index (κ2) is 3.83. The minimum absolute atomic E-state index is 0.575. The summed E-state index contributed by atoms with van der Waals surface area (Å²) < 4.78 is 0. The van der Waals surface area contributed by atoms with Crippen LogP contribution in [-0.4, -0.2) is 0 Å². The van der Waals surface area contributed by atoms with Gasteiger partial charge in [0, 0.05) is 5.92 Å². The number of benzene rings is 1. The van der Waals surface area contributed by atoms with Crippen LogP contribution in [0.2, 0.25) is 0 Å². The van der Waals surface area contributed by atoms with Crippen molar-refractivity contribution in [1.82, 2.24) is 0 Å². The molecule has 0 spiro atoms. The summed E-state index contributed by atoms with van der Waals surface area (Å²) in [5.41, 5.74) is 4.34. The van der Waals surface area contributed by atoms with Gasteiger partial charge in [-0.25, -0.2) is 0 Å². The van der Waals surface area contributed by atoms with Gasteiger partial charge in [0.1, 0.15) is 0 Å². The zero-order valence-electron chi connectivity index (χ0n) is 8.83. The molecule has 1 unspecified atom stereocenters. The van der Waals surface area contributed by atoms with Gasteiger partial charge < -0.3 is 0 Å². The Balaban J connectivity index is 2.33. The fourth-order valence-electron chi connectivity index (χ4n) is 1.97. The monoisotopic (exact) mass is 184 g/mol. The summed E-state index contributed by atoms with van der Waals surface area (Å²) >= 11 is 0. The van der Waals surface area contributed by atoms with Crippen LogP contribution < -0.4 is 0 Å². The molecule has 0 heterocycles. The first-order valence-electron chi connectivity index (χ1n) is 5.21. The second-order valence-corrected chi connectivity index (χ2v) is 3.93. The standard InChI is InChI=1S/C14H16/c1-11-7-6-10-14(12(11)2)13-8-4-3-5-9-13/h3-5,7-10,12H,6H2,1-2H3. The maximum atomic E-state index is 2.34. The van der Waals surface area contributed by atoms with Gasteiger partial charge in [-0.3, -0.25) is 0 Å². The van der Waals surface area contributed by atoms with E-state index in [1.807, 2.05) is 0 Å². The van der Waals surface area contributed by atoms with Crippen molar-refractivity contribution in [3.63, 3.8) is 0 Å². The van der Waals surface area contributed by atoms with Crippen molar-refractivity contribution in [2.24, 2.45) is 5.92 Å². The quantitative estimate of drug-likeness (QED) is 0.577. The van der Waals surface area contributed by atoms with E-state index in [9.17, 15) is 0 Å². The molecule has 1 atom stereocenters. The van der Waals surface area contributed by atoms with Crippen LogP contribution in [0.5, 0.6) is 0 Å². The number of allylic oxidation sites excluding steroid dienone is 4. The van der Waals surface area contributed by atoms with Gasteiger partial charge in [-0.15, -0.1) is 0 Å². The molecule has 0 N–H and O–H groups in total. The van der Waals surface area contributed by atoms with E-state index in [1.165, 1.54) is 16.7 Å². The molecule has 0 fully saturated rings. The summed E-state index contributed by atoms with van der Waals surface area (Å²) in [7, 11) is 0. The van der Waals surface area contributed by atoms with E-state index in [2.05, 4.69) is 56.3 Å². The lowest BCUT2D eigenvalue weighted by molar-refractivity contribution is 0.858. The normalized spacial score (nSPS) is 21.4. The van der Waals surface area contributed by atoms with Crippen molar-refractivity contribution in [2.45, 2.75) is 20.3 Å². The molecule has 0 amide bonds. The lowest BCUT2D eigenvalue weighted by atomic mass is 9.84. The van der Waals surface area contributed by atoms with Gasteiger partial charge in [-0.1, -0.05) is 55.0 Å². The summed E-state index contributed by atoms with van der Waals surface area (Å²) in [6.45, 7) is 4.50. The molecule has 1 aliphatic rings.